The van der Waals surface area contributed by atoms with Crippen molar-refractivity contribution in [2.75, 3.05) is 0 Å². The fraction of sp³-hybridized carbons (Fsp3) is 0.500. The summed E-state index contributed by atoms with van der Waals surface area (Å²) in [6.07, 6.45) is 10.5. The van der Waals surface area contributed by atoms with Gasteiger partial charge in [0.25, 0.3) is 0 Å². The van der Waals surface area contributed by atoms with E-state index in [2.05, 4.69) is 26.7 Å². The molecule has 0 aliphatic heterocycles. The molecular formula is C12H17ClMgN2O. The summed E-state index contributed by atoms with van der Waals surface area (Å²) in [6.45, 7) is 0. The van der Waals surface area contributed by atoms with Crippen LogP contribution in [0, 0.1) is 0 Å². The molecule has 0 spiro atoms. The van der Waals surface area contributed by atoms with Crippen molar-refractivity contribution in [1.29, 1.82) is 0 Å². The molecule has 0 unspecified atom stereocenters. The summed E-state index contributed by atoms with van der Waals surface area (Å²) in [6, 6.07) is 3.29. The van der Waals surface area contributed by atoms with Gasteiger partial charge in [-0.3, -0.25) is 9.78 Å². The summed E-state index contributed by atoms with van der Waals surface area (Å²) in [5, 5.41) is 0. The van der Waals surface area contributed by atoms with Crippen LogP contribution in [0.4, 0.5) is 0 Å². The monoisotopic (exact) mass is 264 g/mol. The first-order chi connectivity index (χ1) is 7.70. The zero-order chi connectivity index (χ0) is 11.8. The van der Waals surface area contributed by atoms with Crippen LogP contribution in [0.5, 0.6) is 0 Å². The quantitative estimate of drug-likeness (QED) is 0.668. The molecule has 1 saturated carbocycles. The Labute approximate surface area is 121 Å². The van der Waals surface area contributed by atoms with Crippen molar-refractivity contribution in [3.8, 4) is 0 Å². The molecule has 2 rings (SSSR count). The van der Waals surface area contributed by atoms with Crippen LogP contribution in [0.1, 0.15) is 42.5 Å². The van der Waals surface area contributed by atoms with Gasteiger partial charge in [-0.15, -0.1) is 0 Å². The number of aromatic nitrogens is 1. The molecule has 1 aliphatic carbocycles. The molecule has 0 bridgehead atoms. The van der Waals surface area contributed by atoms with Gasteiger partial charge in [-0.25, -0.2) is 0 Å². The minimum absolute atomic E-state index is 0. The van der Waals surface area contributed by atoms with Crippen molar-refractivity contribution in [1.82, 2.24) is 4.98 Å². The Bertz CT molecular complexity index is 316. The summed E-state index contributed by atoms with van der Waals surface area (Å²) in [4.78, 5) is 14.1. The van der Waals surface area contributed by atoms with Crippen LogP contribution < -0.4 is 18.1 Å². The number of nitrogens with two attached hydrogens (primary N) is 1. The molecule has 1 aliphatic rings. The predicted molar refractivity (Wildman–Crippen MR) is 65.3 cm³/mol. The number of hydrogen-bond acceptors (Lipinski definition) is 2. The van der Waals surface area contributed by atoms with Crippen molar-refractivity contribution in [2.24, 2.45) is 5.73 Å². The van der Waals surface area contributed by atoms with E-state index in [0.717, 1.165) is 4.05 Å². The van der Waals surface area contributed by atoms with Crippen LogP contribution in [-0.2, 0) is 0 Å². The molecule has 0 radical (unpaired) electrons. The molecule has 3 nitrogen and oxygen atoms in total. The molecule has 90 valence electrons. The van der Waals surface area contributed by atoms with Crippen molar-refractivity contribution in [3.63, 3.8) is 0 Å². The van der Waals surface area contributed by atoms with Gasteiger partial charge >= 0.3 is 57.9 Å². The van der Waals surface area contributed by atoms with Crippen molar-refractivity contribution in [3.05, 3.63) is 30.1 Å². The van der Waals surface area contributed by atoms with E-state index in [1.165, 1.54) is 38.3 Å². The Morgan fingerprint density at radius 1 is 1.35 bits per heavy atom. The summed E-state index contributed by atoms with van der Waals surface area (Å²) < 4.78 is 1.06. The van der Waals surface area contributed by atoms with E-state index < -0.39 is 5.91 Å². The van der Waals surface area contributed by atoms with E-state index in [4.69, 9.17) is 5.73 Å². The average Bonchev–Trinajstić information content (AvgIpc) is 2.32. The minimum atomic E-state index is -0.442. The zero-order valence-electron chi connectivity index (χ0n) is 9.94. The molecule has 0 saturated heterocycles. The van der Waals surface area contributed by atoms with E-state index in [1.54, 1.807) is 18.3 Å². The van der Waals surface area contributed by atoms with Crippen LogP contribution >= 0.6 is 0 Å². The third-order valence-corrected chi connectivity index (χ3v) is 3.49. The van der Waals surface area contributed by atoms with Gasteiger partial charge < -0.3 is 18.1 Å². The summed E-state index contributed by atoms with van der Waals surface area (Å²) >= 11 is 2.18. The first kappa shape index (κ1) is 16.7. The number of halogens is 1. The van der Waals surface area contributed by atoms with Crippen LogP contribution in [-0.4, -0.2) is 32.6 Å². The van der Waals surface area contributed by atoms with Crippen LogP contribution in [0.15, 0.2) is 24.5 Å². The first-order valence-corrected chi connectivity index (χ1v) is 6.54. The molecule has 1 amide bonds. The zero-order valence-corrected chi connectivity index (χ0v) is 12.1. The third kappa shape index (κ3) is 7.57. The number of nitrogens with zero attached hydrogens (tertiary/aromatic N) is 1. The molecule has 1 fully saturated rings. The molecule has 5 heteroatoms. The van der Waals surface area contributed by atoms with Crippen molar-refractivity contribution in [2.45, 2.75) is 36.2 Å². The van der Waals surface area contributed by atoms with Crippen molar-refractivity contribution >= 4 is 27.6 Å². The van der Waals surface area contributed by atoms with E-state index >= 15 is 0 Å². The SMILES string of the molecule is NC(=O)c1cccnc1.[Cl-].[Mg+][CH]1CCCCC1. The topological polar surface area (TPSA) is 56.0 Å². The number of rotatable bonds is 1. The first-order valence-electron chi connectivity index (χ1n) is 5.73. The number of carbonyl (C=O) groups is 1. The van der Waals surface area contributed by atoms with E-state index in [1.807, 2.05) is 0 Å². The number of carbonyl (C=O) groups excluding carboxylic acids is 1. The van der Waals surface area contributed by atoms with Gasteiger partial charge in [0, 0.05) is 12.4 Å². The molecule has 17 heavy (non-hydrogen) atoms. The third-order valence-electron chi connectivity index (χ3n) is 2.67. The second-order valence-electron chi connectivity index (χ2n) is 4.11. The number of pyridine rings is 1. The molecule has 1 aromatic rings. The van der Waals surface area contributed by atoms with Gasteiger partial charge in [0.05, 0.1) is 5.56 Å². The molecule has 0 atom stereocenters. The van der Waals surface area contributed by atoms with Crippen LogP contribution in [0.3, 0.4) is 0 Å². The molecular weight excluding hydrogens is 248 g/mol. The van der Waals surface area contributed by atoms with Gasteiger partial charge in [-0.1, -0.05) is 0 Å². The number of amides is 1. The van der Waals surface area contributed by atoms with Crippen LogP contribution in [0.2, 0.25) is 4.05 Å². The van der Waals surface area contributed by atoms with E-state index in [-0.39, 0.29) is 12.4 Å². The van der Waals surface area contributed by atoms with Gasteiger partial charge in [0.15, 0.2) is 0 Å². The Hall–Kier alpha value is -0.324. The Kier molecular flexibility index (Phi) is 9.50. The fourth-order valence-corrected chi connectivity index (χ4v) is 2.27. The Balaban J connectivity index is 0.000000292. The predicted octanol–water partition coefficient (Wildman–Crippen LogP) is -0.908. The van der Waals surface area contributed by atoms with Gasteiger partial charge in [-0.05, 0) is 12.1 Å². The fourth-order valence-electron chi connectivity index (χ4n) is 1.70. The van der Waals surface area contributed by atoms with E-state index in [0.29, 0.717) is 5.56 Å². The second kappa shape index (κ2) is 9.68. The second-order valence-corrected chi connectivity index (χ2v) is 5.26. The Morgan fingerprint density at radius 2 is 2.00 bits per heavy atom. The number of primary amides is 1. The summed E-state index contributed by atoms with van der Waals surface area (Å²) in [5.41, 5.74) is 5.38. The van der Waals surface area contributed by atoms with Crippen LogP contribution in [0.25, 0.3) is 0 Å². The summed E-state index contributed by atoms with van der Waals surface area (Å²) in [7, 11) is 0. The van der Waals surface area contributed by atoms with Crippen molar-refractivity contribution < 1.29 is 17.2 Å². The molecule has 2 N–H and O–H groups in total. The molecule has 1 aromatic heterocycles. The maximum atomic E-state index is 10.4. The van der Waals surface area contributed by atoms with Gasteiger partial charge in [0.1, 0.15) is 0 Å². The average molecular weight is 265 g/mol. The summed E-state index contributed by atoms with van der Waals surface area (Å²) in [5.74, 6) is -0.442. The Morgan fingerprint density at radius 3 is 2.29 bits per heavy atom. The van der Waals surface area contributed by atoms with Gasteiger partial charge in [0.2, 0.25) is 5.91 Å². The number of hydrogen-bond donors (Lipinski definition) is 1. The molecule has 1 heterocycles. The van der Waals surface area contributed by atoms with E-state index in [9.17, 15) is 4.79 Å². The standard InChI is InChI=1S/C6H6N2O.C6H11.ClH.Mg/c7-6(9)5-2-1-3-8-4-5;1-2-4-6-5-3-1;;/h1-4H,(H2,7,9);1H,2-6H2;1H;/q;;;+1/p-1. The maximum absolute atomic E-state index is 10.4. The molecule has 0 aromatic carbocycles. The van der Waals surface area contributed by atoms with Gasteiger partial charge in [-0.2, -0.15) is 0 Å². The normalized spacial score (nSPS) is 15.2.